The predicted octanol–water partition coefficient (Wildman–Crippen LogP) is 1.38. The van der Waals surface area contributed by atoms with Crippen LogP contribution >= 0.6 is 0 Å². The smallest absolute Gasteiger partial charge is 0.245 e. The molecule has 1 atom stereocenters. The van der Waals surface area contributed by atoms with Crippen molar-refractivity contribution in [1.82, 2.24) is 10.2 Å². The summed E-state index contributed by atoms with van der Waals surface area (Å²) in [6.45, 7) is 10.2. The van der Waals surface area contributed by atoms with E-state index >= 15 is 0 Å². The largest absolute Gasteiger partial charge is 0.387 e. The van der Waals surface area contributed by atoms with Gasteiger partial charge in [0.1, 0.15) is 6.61 Å². The van der Waals surface area contributed by atoms with E-state index in [2.05, 4.69) is 24.1 Å². The van der Waals surface area contributed by atoms with Gasteiger partial charge in [-0.15, -0.1) is 0 Å². The van der Waals surface area contributed by atoms with Crippen molar-refractivity contribution in [3.8, 4) is 0 Å². The number of aliphatic hydroxyl groups excluding tert-OH is 1. The molecule has 0 aliphatic carbocycles. The summed E-state index contributed by atoms with van der Waals surface area (Å²) >= 11 is 0. The lowest BCUT2D eigenvalue weighted by molar-refractivity contribution is -0.124. The third kappa shape index (κ3) is 6.64. The molecule has 1 unspecified atom stereocenters. The van der Waals surface area contributed by atoms with Gasteiger partial charge in [0.05, 0.1) is 0 Å². The molecule has 1 aliphatic rings. The minimum atomic E-state index is -0.398. The Balaban J connectivity index is 0.00000121. The van der Waals surface area contributed by atoms with Crippen LogP contribution in [0.5, 0.6) is 0 Å². The number of rotatable bonds is 3. The number of carbonyl (C=O) groups excluding carboxylic acids is 1. The first kappa shape index (κ1) is 16.4. The van der Waals surface area contributed by atoms with Crippen LogP contribution in [-0.4, -0.2) is 47.7 Å². The first-order chi connectivity index (χ1) is 8.13. The molecule has 2 N–H and O–H groups in total. The second-order valence-corrected chi connectivity index (χ2v) is 4.48. The summed E-state index contributed by atoms with van der Waals surface area (Å²) in [5.74, 6) is -0.252. The molecule has 1 amide bonds. The summed E-state index contributed by atoms with van der Waals surface area (Å²) in [6, 6.07) is 0.825. The zero-order chi connectivity index (χ0) is 13.3. The van der Waals surface area contributed by atoms with Crippen LogP contribution in [-0.2, 0) is 4.79 Å². The van der Waals surface area contributed by atoms with Gasteiger partial charge in [-0.05, 0) is 39.7 Å². The zero-order valence-electron chi connectivity index (χ0n) is 11.7. The van der Waals surface area contributed by atoms with Crippen molar-refractivity contribution in [3.63, 3.8) is 0 Å². The Kier molecular flexibility index (Phi) is 9.09. The van der Waals surface area contributed by atoms with Crippen LogP contribution in [0.4, 0.5) is 0 Å². The summed E-state index contributed by atoms with van der Waals surface area (Å²) in [4.78, 5) is 13.5. The maximum atomic E-state index is 11.0. The molecule has 0 aromatic carbocycles. The van der Waals surface area contributed by atoms with Gasteiger partial charge in [-0.1, -0.05) is 13.8 Å². The van der Waals surface area contributed by atoms with E-state index in [1.54, 1.807) is 0 Å². The van der Waals surface area contributed by atoms with Gasteiger partial charge >= 0.3 is 0 Å². The van der Waals surface area contributed by atoms with Gasteiger partial charge in [0.2, 0.25) is 5.91 Å². The van der Waals surface area contributed by atoms with Gasteiger partial charge < -0.3 is 15.3 Å². The first-order valence-electron chi connectivity index (χ1n) is 6.77. The van der Waals surface area contributed by atoms with Gasteiger partial charge in [0.15, 0.2) is 0 Å². The Hall–Kier alpha value is -0.610. The highest BCUT2D eigenvalue weighted by Crippen LogP contribution is 2.13. The fourth-order valence-electron chi connectivity index (χ4n) is 2.05. The van der Waals surface area contributed by atoms with Gasteiger partial charge in [-0.2, -0.15) is 0 Å². The van der Waals surface area contributed by atoms with E-state index in [-0.39, 0.29) is 11.9 Å². The Labute approximate surface area is 105 Å². The molecule has 0 radical (unpaired) electrons. The number of carbonyl (C=O) groups is 1. The lowest BCUT2D eigenvalue weighted by atomic mass is 10.1. The number of amides is 1. The highest BCUT2D eigenvalue weighted by Gasteiger charge is 2.19. The van der Waals surface area contributed by atoms with Crippen LogP contribution in [0.15, 0.2) is 0 Å². The number of hydrogen-bond donors (Lipinski definition) is 2. The van der Waals surface area contributed by atoms with Crippen LogP contribution in [0.3, 0.4) is 0 Å². The Bertz CT molecular complexity index is 208. The Morgan fingerprint density at radius 3 is 2.53 bits per heavy atom. The van der Waals surface area contributed by atoms with Crippen molar-refractivity contribution in [2.75, 3.05) is 19.7 Å². The fraction of sp³-hybridized carbons (Fsp3) is 0.923. The molecule has 0 aromatic rings. The maximum Gasteiger partial charge on any atom is 0.245 e. The highest BCUT2D eigenvalue weighted by molar-refractivity contribution is 5.77. The number of hydrogen-bond acceptors (Lipinski definition) is 3. The topological polar surface area (TPSA) is 52.6 Å². The summed E-state index contributed by atoms with van der Waals surface area (Å²) < 4.78 is 0. The third-order valence-electron chi connectivity index (χ3n) is 3.00. The van der Waals surface area contributed by atoms with Crippen molar-refractivity contribution < 1.29 is 9.90 Å². The number of nitrogens with one attached hydrogen (secondary N) is 1. The zero-order valence-corrected chi connectivity index (χ0v) is 11.7. The van der Waals surface area contributed by atoms with E-state index in [1.807, 2.05) is 13.8 Å². The lowest BCUT2D eigenvalue weighted by Crippen LogP contribution is -2.38. The summed E-state index contributed by atoms with van der Waals surface area (Å²) in [5.41, 5.74) is 0. The van der Waals surface area contributed by atoms with Gasteiger partial charge in [0.25, 0.3) is 0 Å². The normalized spacial score (nSPS) is 21.4. The van der Waals surface area contributed by atoms with Crippen LogP contribution in [0.2, 0.25) is 0 Å². The summed E-state index contributed by atoms with van der Waals surface area (Å²) in [5, 5.41) is 11.5. The predicted molar refractivity (Wildman–Crippen MR) is 70.9 cm³/mol. The molecule has 1 heterocycles. The van der Waals surface area contributed by atoms with Crippen molar-refractivity contribution in [2.24, 2.45) is 0 Å². The van der Waals surface area contributed by atoms with Crippen molar-refractivity contribution >= 4 is 5.91 Å². The van der Waals surface area contributed by atoms with Gasteiger partial charge in [0, 0.05) is 18.6 Å². The average Bonchev–Trinajstić information content (AvgIpc) is 2.57. The van der Waals surface area contributed by atoms with E-state index in [9.17, 15) is 4.79 Å². The Morgan fingerprint density at radius 2 is 2.00 bits per heavy atom. The molecule has 4 heteroatoms. The van der Waals surface area contributed by atoms with E-state index in [4.69, 9.17) is 5.11 Å². The lowest BCUT2D eigenvalue weighted by Gasteiger charge is -2.24. The molecule has 1 saturated heterocycles. The minimum absolute atomic E-state index is 0.244. The molecular formula is C13H28N2O2. The number of nitrogens with zero attached hydrogens (tertiary/aromatic N) is 1. The molecule has 17 heavy (non-hydrogen) atoms. The molecule has 0 aromatic heterocycles. The molecule has 1 aliphatic heterocycles. The van der Waals surface area contributed by atoms with Crippen LogP contribution in [0.1, 0.15) is 47.0 Å². The van der Waals surface area contributed by atoms with Crippen molar-refractivity contribution in [1.29, 1.82) is 0 Å². The number of likely N-dealkylation sites (tertiary alicyclic amines) is 1. The minimum Gasteiger partial charge on any atom is -0.387 e. The molecule has 0 bridgehead atoms. The maximum absolute atomic E-state index is 11.0. The fourth-order valence-corrected chi connectivity index (χ4v) is 2.05. The standard InChI is InChI=1S/C11H22N2O2.C2H6/c1-9(2)13-6-3-4-10(5-7-13)12-11(15)8-14;1-2/h9-10,14H,3-8H2,1-2H3,(H,12,15);1-2H3. The highest BCUT2D eigenvalue weighted by atomic mass is 16.3. The van der Waals surface area contributed by atoms with Gasteiger partial charge in [-0.3, -0.25) is 4.79 Å². The molecule has 0 saturated carbocycles. The summed E-state index contributed by atoms with van der Waals surface area (Å²) in [6.07, 6.45) is 3.13. The SMILES string of the molecule is CC.CC(C)N1CCCC(NC(=O)CO)CC1. The van der Waals surface area contributed by atoms with E-state index in [0.29, 0.717) is 6.04 Å². The van der Waals surface area contributed by atoms with E-state index in [1.165, 1.54) is 0 Å². The van der Waals surface area contributed by atoms with Crippen LogP contribution in [0.25, 0.3) is 0 Å². The third-order valence-corrected chi connectivity index (χ3v) is 3.00. The molecular weight excluding hydrogens is 216 g/mol. The van der Waals surface area contributed by atoms with E-state index < -0.39 is 6.61 Å². The molecule has 1 fully saturated rings. The summed E-state index contributed by atoms with van der Waals surface area (Å²) in [7, 11) is 0. The molecule has 102 valence electrons. The van der Waals surface area contributed by atoms with Gasteiger partial charge in [-0.25, -0.2) is 0 Å². The Morgan fingerprint density at radius 1 is 1.35 bits per heavy atom. The van der Waals surface area contributed by atoms with Crippen LogP contribution < -0.4 is 5.32 Å². The second kappa shape index (κ2) is 9.42. The van der Waals surface area contributed by atoms with Crippen molar-refractivity contribution in [3.05, 3.63) is 0 Å². The molecule has 4 nitrogen and oxygen atoms in total. The average molecular weight is 244 g/mol. The van der Waals surface area contributed by atoms with E-state index in [0.717, 1.165) is 32.4 Å². The first-order valence-corrected chi connectivity index (χ1v) is 6.77. The number of aliphatic hydroxyl groups is 1. The second-order valence-electron chi connectivity index (χ2n) is 4.48. The van der Waals surface area contributed by atoms with Crippen LogP contribution in [0, 0.1) is 0 Å². The molecule has 1 rings (SSSR count). The molecule has 0 spiro atoms. The quantitative estimate of drug-likeness (QED) is 0.788. The monoisotopic (exact) mass is 244 g/mol. The van der Waals surface area contributed by atoms with Crippen molar-refractivity contribution in [2.45, 2.75) is 59.0 Å².